The number of nitrogens with zero attached hydrogens (tertiary/aromatic N) is 1. The van der Waals surface area contributed by atoms with E-state index in [1.54, 1.807) is 4.90 Å². The summed E-state index contributed by atoms with van der Waals surface area (Å²) in [5, 5.41) is 2.71. The number of halogens is 2. The molecule has 0 spiro atoms. The first kappa shape index (κ1) is 14.9. The fraction of sp³-hybridized carbons (Fsp3) is 0.462. The number of ether oxygens (including phenoxy) is 1. The van der Waals surface area contributed by atoms with Crippen LogP contribution in [0.2, 0.25) is 5.02 Å². The van der Waals surface area contributed by atoms with Gasteiger partial charge in [-0.05, 0) is 13.0 Å². The van der Waals surface area contributed by atoms with Crippen molar-refractivity contribution in [2.24, 2.45) is 0 Å². The summed E-state index contributed by atoms with van der Waals surface area (Å²) in [4.78, 5) is 13.8. The molecule has 20 heavy (non-hydrogen) atoms. The number of nitrogens with two attached hydrogens (primary N) is 1. The van der Waals surface area contributed by atoms with E-state index < -0.39 is 11.9 Å². The monoisotopic (exact) mass is 301 g/mol. The number of rotatable bonds is 3. The van der Waals surface area contributed by atoms with E-state index in [-0.39, 0.29) is 17.5 Å². The van der Waals surface area contributed by atoms with Crippen molar-refractivity contribution in [2.45, 2.75) is 13.0 Å². The molecule has 7 heteroatoms. The van der Waals surface area contributed by atoms with Crippen molar-refractivity contribution in [1.82, 2.24) is 5.32 Å². The summed E-state index contributed by atoms with van der Waals surface area (Å²) in [6, 6.07) is 2.10. The van der Waals surface area contributed by atoms with Crippen molar-refractivity contribution in [3.8, 4) is 0 Å². The molecule has 2 rings (SSSR count). The third-order valence-electron chi connectivity index (χ3n) is 3.16. The van der Waals surface area contributed by atoms with Crippen LogP contribution in [0.1, 0.15) is 6.92 Å². The Morgan fingerprint density at radius 2 is 2.40 bits per heavy atom. The highest BCUT2D eigenvalue weighted by molar-refractivity contribution is 6.31. The smallest absolute Gasteiger partial charge is 0.245 e. The number of anilines is 2. The van der Waals surface area contributed by atoms with E-state index in [9.17, 15) is 9.18 Å². The van der Waals surface area contributed by atoms with Crippen LogP contribution in [0, 0.1) is 5.82 Å². The lowest BCUT2D eigenvalue weighted by atomic mass is 10.1. The van der Waals surface area contributed by atoms with Crippen LogP contribution in [0.5, 0.6) is 0 Å². The highest BCUT2D eigenvalue weighted by Gasteiger charge is 2.30. The van der Waals surface area contributed by atoms with Crippen LogP contribution in [-0.4, -0.2) is 38.3 Å². The maximum absolute atomic E-state index is 13.6. The zero-order valence-corrected chi connectivity index (χ0v) is 11.9. The van der Waals surface area contributed by atoms with E-state index in [2.05, 4.69) is 5.32 Å². The first-order valence-corrected chi connectivity index (χ1v) is 6.79. The van der Waals surface area contributed by atoms with Crippen LogP contribution >= 0.6 is 11.6 Å². The molecule has 1 saturated heterocycles. The van der Waals surface area contributed by atoms with Crippen molar-refractivity contribution in [1.29, 1.82) is 0 Å². The van der Waals surface area contributed by atoms with E-state index >= 15 is 0 Å². The lowest BCUT2D eigenvalue weighted by Gasteiger charge is -2.36. The zero-order valence-electron chi connectivity index (χ0n) is 11.2. The number of carbonyl (C=O) groups excluding carboxylic acids is 1. The third-order valence-corrected chi connectivity index (χ3v) is 3.45. The number of nitrogen functional groups attached to an aromatic ring is 1. The van der Waals surface area contributed by atoms with Gasteiger partial charge in [0.2, 0.25) is 5.91 Å². The average Bonchev–Trinajstić information content (AvgIpc) is 2.43. The molecule has 1 aromatic rings. The van der Waals surface area contributed by atoms with Crippen LogP contribution in [0.15, 0.2) is 12.1 Å². The SMILES string of the molecule is CCNC(=O)C1COCCN1c1cc(F)c(Cl)cc1N. The normalized spacial score (nSPS) is 18.9. The van der Waals surface area contributed by atoms with Gasteiger partial charge < -0.3 is 20.7 Å². The van der Waals surface area contributed by atoms with E-state index in [1.807, 2.05) is 6.92 Å². The minimum atomic E-state index is -0.558. The number of hydrogen-bond donors (Lipinski definition) is 2. The molecular formula is C13H17ClFN3O2. The minimum absolute atomic E-state index is 0.0333. The fourth-order valence-corrected chi connectivity index (χ4v) is 2.37. The largest absolute Gasteiger partial charge is 0.397 e. The number of amides is 1. The van der Waals surface area contributed by atoms with Crippen LogP contribution in [-0.2, 0) is 9.53 Å². The predicted octanol–water partition coefficient (Wildman–Crippen LogP) is 1.40. The molecule has 0 saturated carbocycles. The molecule has 0 aromatic heterocycles. The van der Waals surface area contributed by atoms with Gasteiger partial charge in [0, 0.05) is 19.2 Å². The molecule has 1 unspecified atom stereocenters. The van der Waals surface area contributed by atoms with Gasteiger partial charge in [-0.3, -0.25) is 4.79 Å². The molecule has 1 fully saturated rings. The number of morpholine rings is 1. The van der Waals surface area contributed by atoms with Gasteiger partial charge in [0.1, 0.15) is 11.9 Å². The Labute approximate surface area is 121 Å². The highest BCUT2D eigenvalue weighted by atomic mass is 35.5. The molecule has 1 aromatic carbocycles. The summed E-state index contributed by atoms with van der Waals surface area (Å²) >= 11 is 5.70. The highest BCUT2D eigenvalue weighted by Crippen LogP contribution is 2.31. The van der Waals surface area contributed by atoms with Gasteiger partial charge in [-0.25, -0.2) is 4.39 Å². The maximum atomic E-state index is 13.6. The molecule has 0 radical (unpaired) electrons. The molecule has 1 atom stereocenters. The molecule has 1 aliphatic heterocycles. The number of likely N-dealkylation sites (N-methyl/N-ethyl adjacent to an activating group) is 1. The fourth-order valence-electron chi connectivity index (χ4n) is 2.20. The van der Waals surface area contributed by atoms with Crippen molar-refractivity contribution < 1.29 is 13.9 Å². The Hall–Kier alpha value is -1.53. The molecule has 0 aliphatic carbocycles. The Morgan fingerprint density at radius 3 is 3.10 bits per heavy atom. The van der Waals surface area contributed by atoms with Crippen LogP contribution in [0.4, 0.5) is 15.8 Å². The van der Waals surface area contributed by atoms with Crippen LogP contribution in [0.3, 0.4) is 0 Å². The summed E-state index contributed by atoms with van der Waals surface area (Å²) in [7, 11) is 0. The van der Waals surface area contributed by atoms with E-state index in [1.165, 1.54) is 12.1 Å². The van der Waals surface area contributed by atoms with Gasteiger partial charge in [0.25, 0.3) is 0 Å². The van der Waals surface area contributed by atoms with Crippen molar-refractivity contribution >= 4 is 28.9 Å². The first-order valence-electron chi connectivity index (χ1n) is 6.41. The van der Waals surface area contributed by atoms with Gasteiger partial charge in [-0.1, -0.05) is 11.6 Å². The second-order valence-electron chi connectivity index (χ2n) is 4.50. The first-order chi connectivity index (χ1) is 9.54. The maximum Gasteiger partial charge on any atom is 0.245 e. The molecule has 5 nitrogen and oxygen atoms in total. The Balaban J connectivity index is 2.32. The van der Waals surface area contributed by atoms with Crippen molar-refractivity contribution in [3.05, 3.63) is 23.0 Å². The van der Waals surface area contributed by atoms with E-state index in [0.717, 1.165) is 0 Å². The predicted molar refractivity (Wildman–Crippen MR) is 76.5 cm³/mol. The summed E-state index contributed by atoms with van der Waals surface area (Å²) in [5.41, 5.74) is 6.70. The Bertz CT molecular complexity index is 513. The van der Waals surface area contributed by atoms with Crippen LogP contribution < -0.4 is 16.0 Å². The lowest BCUT2D eigenvalue weighted by Crippen LogP contribution is -2.54. The second kappa shape index (κ2) is 6.28. The standard InChI is InChI=1S/C13H17ClFN3O2/c1-2-17-13(19)12-7-20-4-3-18(12)11-6-9(15)8(14)5-10(11)16/h5-6,12H,2-4,7,16H2,1H3,(H,17,19). The molecule has 0 bridgehead atoms. The average molecular weight is 302 g/mol. The quantitative estimate of drug-likeness (QED) is 0.828. The van der Waals surface area contributed by atoms with Crippen LogP contribution in [0.25, 0.3) is 0 Å². The van der Waals surface area contributed by atoms with Crippen molar-refractivity contribution in [2.75, 3.05) is 36.9 Å². The van der Waals surface area contributed by atoms with E-state index in [0.29, 0.717) is 31.1 Å². The minimum Gasteiger partial charge on any atom is -0.397 e. The number of carbonyl (C=O) groups is 1. The molecular weight excluding hydrogens is 285 g/mol. The zero-order chi connectivity index (χ0) is 14.7. The molecule has 1 amide bonds. The summed E-state index contributed by atoms with van der Waals surface area (Å²) < 4.78 is 19.0. The second-order valence-corrected chi connectivity index (χ2v) is 4.91. The number of benzene rings is 1. The van der Waals surface area contributed by atoms with Gasteiger partial charge in [0.15, 0.2) is 0 Å². The molecule has 1 heterocycles. The lowest BCUT2D eigenvalue weighted by molar-refractivity contribution is -0.124. The van der Waals surface area contributed by atoms with E-state index in [4.69, 9.17) is 22.1 Å². The third kappa shape index (κ3) is 2.96. The Morgan fingerprint density at radius 1 is 1.65 bits per heavy atom. The number of hydrogen-bond acceptors (Lipinski definition) is 4. The summed E-state index contributed by atoms with van der Waals surface area (Å²) in [6.07, 6.45) is 0. The summed E-state index contributed by atoms with van der Waals surface area (Å²) in [6.45, 7) is 3.53. The van der Waals surface area contributed by atoms with Gasteiger partial charge in [-0.2, -0.15) is 0 Å². The Kier molecular flexibility index (Phi) is 4.67. The van der Waals surface area contributed by atoms with Crippen molar-refractivity contribution in [3.63, 3.8) is 0 Å². The van der Waals surface area contributed by atoms with Gasteiger partial charge in [0.05, 0.1) is 29.6 Å². The topological polar surface area (TPSA) is 67.6 Å². The molecule has 1 aliphatic rings. The summed E-state index contributed by atoms with van der Waals surface area (Å²) in [5.74, 6) is -0.723. The molecule has 110 valence electrons. The number of nitrogens with one attached hydrogen (secondary N) is 1. The van der Waals surface area contributed by atoms with Gasteiger partial charge in [-0.15, -0.1) is 0 Å². The molecule has 3 N–H and O–H groups in total. The van der Waals surface area contributed by atoms with Gasteiger partial charge >= 0.3 is 0 Å².